The van der Waals surface area contributed by atoms with Crippen LogP contribution in [0.3, 0.4) is 0 Å². The summed E-state index contributed by atoms with van der Waals surface area (Å²) in [5.74, 6) is 2.47. The highest BCUT2D eigenvalue weighted by molar-refractivity contribution is 5.80. The molecule has 4 aliphatic carbocycles. The van der Waals surface area contributed by atoms with Crippen LogP contribution in [-0.2, 0) is 14.3 Å². The standard InChI is InChI=1S/C24H34O3/c1-14-11-20-17(19-8-7-18(15(2)25)24(14,19)4)6-5-16-12-21-22(13-23(16,20)3)27-10-9-26-21/h5,17-22H,1,6-13H2,2-4H3/t17-,18+,19-,20-,21?,22?,23-,24+/m0/s1. The van der Waals surface area contributed by atoms with Crippen LogP contribution in [0, 0.1) is 34.5 Å². The summed E-state index contributed by atoms with van der Waals surface area (Å²) in [6, 6.07) is 0. The Balaban J connectivity index is 1.50. The second-order valence-electron chi connectivity index (χ2n) is 10.3. The van der Waals surface area contributed by atoms with Gasteiger partial charge in [-0.3, -0.25) is 4.79 Å². The second-order valence-corrected chi connectivity index (χ2v) is 10.3. The molecule has 5 aliphatic rings. The molecular formula is C24H34O3. The molecule has 0 N–H and O–H groups in total. The number of allylic oxidation sites excluding steroid dienone is 2. The molecule has 3 saturated carbocycles. The molecule has 0 spiro atoms. The predicted molar refractivity (Wildman–Crippen MR) is 105 cm³/mol. The normalized spacial score (nSPS) is 51.5. The molecule has 3 nitrogen and oxygen atoms in total. The van der Waals surface area contributed by atoms with Crippen LogP contribution in [0.5, 0.6) is 0 Å². The number of rotatable bonds is 1. The number of Topliss-reactive ketones (excluding diaryl/α,β-unsaturated/α-hetero) is 1. The van der Waals surface area contributed by atoms with Crippen molar-refractivity contribution < 1.29 is 14.3 Å². The summed E-state index contributed by atoms with van der Waals surface area (Å²) in [4.78, 5) is 12.4. The van der Waals surface area contributed by atoms with Crippen LogP contribution in [0.2, 0.25) is 0 Å². The highest BCUT2D eigenvalue weighted by atomic mass is 16.6. The van der Waals surface area contributed by atoms with Gasteiger partial charge in [-0.1, -0.05) is 37.6 Å². The van der Waals surface area contributed by atoms with Crippen molar-refractivity contribution in [3.8, 4) is 0 Å². The topological polar surface area (TPSA) is 35.5 Å². The SMILES string of the molecule is C=C1C[C@H]2[C@@H](CC=C3CC4OCCOC4C[C@@]32C)[C@@H]2CC[C@H](C(C)=O)[C@@]12C. The average Bonchev–Trinajstić information content (AvgIpc) is 3.00. The maximum Gasteiger partial charge on any atom is 0.133 e. The van der Waals surface area contributed by atoms with E-state index in [2.05, 4.69) is 26.5 Å². The highest BCUT2D eigenvalue weighted by Crippen LogP contribution is 2.67. The molecule has 0 aromatic heterocycles. The molecule has 0 aromatic carbocycles. The molecule has 0 amide bonds. The Morgan fingerprint density at radius 3 is 2.59 bits per heavy atom. The van der Waals surface area contributed by atoms with Crippen molar-refractivity contribution in [1.82, 2.24) is 0 Å². The van der Waals surface area contributed by atoms with Crippen LogP contribution in [0.25, 0.3) is 0 Å². The Labute approximate surface area is 163 Å². The van der Waals surface area contributed by atoms with E-state index in [0.717, 1.165) is 38.9 Å². The van der Waals surface area contributed by atoms with Crippen molar-refractivity contribution >= 4 is 5.78 Å². The van der Waals surface area contributed by atoms with Gasteiger partial charge in [0.05, 0.1) is 25.4 Å². The molecule has 0 radical (unpaired) electrons. The van der Waals surface area contributed by atoms with Gasteiger partial charge in [0.15, 0.2) is 0 Å². The van der Waals surface area contributed by atoms with Crippen molar-refractivity contribution in [2.24, 2.45) is 34.5 Å². The number of carbonyl (C=O) groups excluding carboxylic acids is 1. The van der Waals surface area contributed by atoms with Gasteiger partial charge in [0, 0.05) is 11.3 Å². The van der Waals surface area contributed by atoms with E-state index in [0.29, 0.717) is 23.5 Å². The third-order valence-corrected chi connectivity index (χ3v) is 9.41. The van der Waals surface area contributed by atoms with E-state index in [1.54, 1.807) is 12.5 Å². The van der Waals surface area contributed by atoms with E-state index in [4.69, 9.17) is 9.47 Å². The Kier molecular flexibility index (Phi) is 4.05. The van der Waals surface area contributed by atoms with Crippen LogP contribution in [0.1, 0.15) is 59.3 Å². The van der Waals surface area contributed by atoms with Gasteiger partial charge in [-0.2, -0.15) is 0 Å². The largest absolute Gasteiger partial charge is 0.373 e. The molecule has 8 atom stereocenters. The summed E-state index contributed by atoms with van der Waals surface area (Å²) >= 11 is 0. The summed E-state index contributed by atoms with van der Waals surface area (Å²) in [7, 11) is 0. The van der Waals surface area contributed by atoms with Gasteiger partial charge in [-0.25, -0.2) is 0 Å². The van der Waals surface area contributed by atoms with Crippen LogP contribution in [-0.4, -0.2) is 31.2 Å². The fourth-order valence-corrected chi connectivity index (χ4v) is 7.92. The number of ketones is 1. The number of hydrogen-bond acceptors (Lipinski definition) is 3. The Bertz CT molecular complexity index is 708. The minimum absolute atomic E-state index is 0.0103. The van der Waals surface area contributed by atoms with E-state index in [1.807, 2.05) is 0 Å². The lowest BCUT2D eigenvalue weighted by atomic mass is 9.46. The zero-order chi connectivity index (χ0) is 19.0. The first-order chi connectivity index (χ1) is 12.9. The zero-order valence-electron chi connectivity index (χ0n) is 17.1. The second kappa shape index (κ2) is 6.03. The predicted octanol–water partition coefficient (Wildman–Crippen LogP) is 4.71. The lowest BCUT2D eigenvalue weighted by Crippen LogP contribution is -2.55. The summed E-state index contributed by atoms with van der Waals surface area (Å²) in [5.41, 5.74) is 3.16. The molecule has 148 valence electrons. The van der Waals surface area contributed by atoms with Crippen molar-refractivity contribution in [2.75, 3.05) is 13.2 Å². The van der Waals surface area contributed by atoms with Crippen molar-refractivity contribution in [1.29, 1.82) is 0 Å². The maximum atomic E-state index is 12.4. The molecule has 1 aliphatic heterocycles. The number of carbonyl (C=O) groups is 1. The highest BCUT2D eigenvalue weighted by Gasteiger charge is 2.61. The monoisotopic (exact) mass is 370 g/mol. The molecule has 5 rings (SSSR count). The van der Waals surface area contributed by atoms with Crippen molar-refractivity contribution in [2.45, 2.75) is 71.5 Å². The first kappa shape index (κ1) is 18.1. The minimum atomic E-state index is 0.0103. The average molecular weight is 371 g/mol. The van der Waals surface area contributed by atoms with E-state index in [9.17, 15) is 4.79 Å². The van der Waals surface area contributed by atoms with Crippen LogP contribution >= 0.6 is 0 Å². The smallest absolute Gasteiger partial charge is 0.133 e. The zero-order valence-corrected chi connectivity index (χ0v) is 17.1. The Hall–Kier alpha value is -0.930. The van der Waals surface area contributed by atoms with E-state index >= 15 is 0 Å². The fourth-order valence-electron chi connectivity index (χ4n) is 7.92. The quantitative estimate of drug-likeness (QED) is 0.627. The summed E-state index contributed by atoms with van der Waals surface area (Å²) in [6.45, 7) is 12.7. The van der Waals surface area contributed by atoms with Gasteiger partial charge in [-0.05, 0) is 68.6 Å². The summed E-state index contributed by atoms with van der Waals surface area (Å²) < 4.78 is 12.2. The van der Waals surface area contributed by atoms with Crippen LogP contribution in [0.4, 0.5) is 0 Å². The van der Waals surface area contributed by atoms with Gasteiger partial charge in [0.1, 0.15) is 5.78 Å². The lowest BCUT2D eigenvalue weighted by molar-refractivity contribution is -0.171. The first-order valence-corrected chi connectivity index (χ1v) is 11.0. The molecule has 27 heavy (non-hydrogen) atoms. The molecular weight excluding hydrogens is 336 g/mol. The van der Waals surface area contributed by atoms with E-state index in [1.165, 1.54) is 18.4 Å². The van der Waals surface area contributed by atoms with E-state index < -0.39 is 0 Å². The van der Waals surface area contributed by atoms with Crippen molar-refractivity contribution in [3.05, 3.63) is 23.8 Å². The van der Waals surface area contributed by atoms with Gasteiger partial charge in [0.25, 0.3) is 0 Å². The van der Waals surface area contributed by atoms with Crippen molar-refractivity contribution in [3.63, 3.8) is 0 Å². The molecule has 2 unspecified atom stereocenters. The third kappa shape index (κ3) is 2.37. The maximum absolute atomic E-state index is 12.4. The number of ether oxygens (including phenoxy) is 2. The molecule has 0 aromatic rings. The van der Waals surface area contributed by atoms with Gasteiger partial charge >= 0.3 is 0 Å². The van der Waals surface area contributed by atoms with Crippen LogP contribution in [0.15, 0.2) is 23.8 Å². The van der Waals surface area contributed by atoms with Gasteiger partial charge in [0.2, 0.25) is 0 Å². The van der Waals surface area contributed by atoms with Gasteiger partial charge in [-0.15, -0.1) is 0 Å². The van der Waals surface area contributed by atoms with E-state index in [-0.39, 0.29) is 29.0 Å². The molecule has 1 saturated heterocycles. The Morgan fingerprint density at radius 2 is 1.85 bits per heavy atom. The number of hydrogen-bond donors (Lipinski definition) is 0. The first-order valence-electron chi connectivity index (χ1n) is 11.0. The number of fused-ring (bicyclic) bond motifs is 6. The molecule has 3 heteroatoms. The molecule has 0 bridgehead atoms. The molecule has 4 fully saturated rings. The lowest BCUT2D eigenvalue weighted by Gasteiger charge is -2.60. The van der Waals surface area contributed by atoms with Gasteiger partial charge < -0.3 is 9.47 Å². The van der Waals surface area contributed by atoms with Crippen LogP contribution < -0.4 is 0 Å². The third-order valence-electron chi connectivity index (χ3n) is 9.41. The fraction of sp³-hybridized carbons (Fsp3) is 0.792. The Morgan fingerprint density at radius 1 is 1.11 bits per heavy atom. The summed E-state index contributed by atoms with van der Waals surface area (Å²) in [5, 5.41) is 0. The molecule has 1 heterocycles. The minimum Gasteiger partial charge on any atom is -0.373 e. The summed E-state index contributed by atoms with van der Waals surface area (Å²) in [6.07, 6.45) is 9.64.